The van der Waals surface area contributed by atoms with Gasteiger partial charge in [0.15, 0.2) is 5.58 Å². The lowest BCUT2D eigenvalue weighted by Crippen LogP contribution is -2.16. The summed E-state index contributed by atoms with van der Waals surface area (Å²) in [6, 6.07) is 72.5. The average Bonchev–Trinajstić information content (AvgIpc) is 3.78. The van der Waals surface area contributed by atoms with Crippen LogP contribution in [0.4, 0.5) is 17.1 Å². The lowest BCUT2D eigenvalue weighted by molar-refractivity contribution is 0.660. The molecule has 57 heavy (non-hydrogen) atoms. The van der Waals surface area contributed by atoms with E-state index < -0.39 is 0 Å². The van der Waals surface area contributed by atoms with Gasteiger partial charge in [-0.05, 0) is 74.0 Å². The molecule has 0 fully saturated rings. The Morgan fingerprint density at radius 2 is 0.982 bits per heavy atom. The topological polar surface area (TPSA) is 16.4 Å². The summed E-state index contributed by atoms with van der Waals surface area (Å²) >= 11 is 0. The first kappa shape index (κ1) is 33.2. The highest BCUT2D eigenvalue weighted by atomic mass is 16.3. The zero-order valence-corrected chi connectivity index (χ0v) is 31.9. The Bertz CT molecular complexity index is 3140. The largest absolute Gasteiger partial charge is 0.453 e. The van der Waals surface area contributed by atoms with Crippen LogP contribution in [0, 0.1) is 0 Å². The maximum absolute atomic E-state index is 7.33. The number of hydrogen-bond acceptors (Lipinski definition) is 2. The maximum Gasteiger partial charge on any atom is 0.160 e. The van der Waals surface area contributed by atoms with Gasteiger partial charge in [-0.25, -0.2) is 0 Å². The number of rotatable bonds is 6. The summed E-state index contributed by atoms with van der Waals surface area (Å²) in [5.74, 6) is 0. The molecule has 1 aromatic heterocycles. The van der Waals surface area contributed by atoms with Gasteiger partial charge >= 0.3 is 0 Å². The van der Waals surface area contributed by atoms with E-state index in [0.29, 0.717) is 0 Å². The van der Waals surface area contributed by atoms with Crippen LogP contribution < -0.4 is 4.90 Å². The summed E-state index contributed by atoms with van der Waals surface area (Å²) in [5, 5.41) is 4.56. The molecule has 9 aromatic carbocycles. The van der Waals surface area contributed by atoms with E-state index >= 15 is 0 Å². The molecule has 0 unspecified atom stereocenters. The zero-order chi connectivity index (χ0) is 38.1. The second-order valence-corrected chi connectivity index (χ2v) is 15.6. The predicted octanol–water partition coefficient (Wildman–Crippen LogP) is 15.5. The van der Waals surface area contributed by atoms with Crippen LogP contribution in [0.1, 0.15) is 25.0 Å². The molecule has 0 bridgehead atoms. The lowest BCUT2D eigenvalue weighted by Gasteiger charge is -2.31. The smallest absolute Gasteiger partial charge is 0.160 e. The minimum Gasteiger partial charge on any atom is -0.453 e. The molecule has 0 N–H and O–H groups in total. The Labute approximate surface area is 332 Å². The molecule has 270 valence electrons. The van der Waals surface area contributed by atoms with E-state index in [9.17, 15) is 0 Å². The number of para-hydroxylation sites is 1. The lowest BCUT2D eigenvalue weighted by atomic mass is 9.82. The highest BCUT2D eigenvalue weighted by Gasteiger charge is 2.38. The van der Waals surface area contributed by atoms with Crippen LogP contribution >= 0.6 is 0 Å². The number of hydrogen-bond donors (Lipinski definition) is 0. The molecule has 10 aromatic rings. The molecule has 1 aliphatic carbocycles. The Morgan fingerprint density at radius 3 is 1.75 bits per heavy atom. The van der Waals surface area contributed by atoms with E-state index in [0.717, 1.165) is 66.6 Å². The molecule has 2 nitrogen and oxygen atoms in total. The number of anilines is 3. The van der Waals surface area contributed by atoms with E-state index in [1.54, 1.807) is 0 Å². The van der Waals surface area contributed by atoms with Crippen LogP contribution in [0.3, 0.4) is 0 Å². The van der Waals surface area contributed by atoms with Crippen molar-refractivity contribution in [2.75, 3.05) is 4.90 Å². The van der Waals surface area contributed by atoms with E-state index in [-0.39, 0.29) is 5.41 Å². The van der Waals surface area contributed by atoms with Crippen molar-refractivity contribution in [3.8, 4) is 44.5 Å². The fourth-order valence-electron chi connectivity index (χ4n) is 9.34. The summed E-state index contributed by atoms with van der Waals surface area (Å²) in [6.07, 6.45) is 0. The SMILES string of the molecule is CC1(C)c2ccccc2-c2c(N(c3ccc(-c4ccccc4)cc3-c3ccccc3)c3cc4ccccc4c4c3oc3c(-c5ccccc5)cccc34)cccc21. The molecule has 0 saturated carbocycles. The number of benzene rings is 9. The summed E-state index contributed by atoms with van der Waals surface area (Å²) in [5.41, 5.74) is 16.8. The van der Waals surface area contributed by atoms with Gasteiger partial charge in [-0.2, -0.15) is 0 Å². The summed E-state index contributed by atoms with van der Waals surface area (Å²) in [7, 11) is 0. The van der Waals surface area contributed by atoms with Gasteiger partial charge in [0.25, 0.3) is 0 Å². The second-order valence-electron chi connectivity index (χ2n) is 15.6. The van der Waals surface area contributed by atoms with Crippen molar-refractivity contribution in [3.05, 3.63) is 211 Å². The molecule has 1 aliphatic rings. The Balaban J connectivity index is 1.29. The van der Waals surface area contributed by atoms with Crippen LogP contribution in [0.5, 0.6) is 0 Å². The van der Waals surface area contributed by atoms with Crippen LogP contribution in [-0.4, -0.2) is 0 Å². The molecule has 2 heteroatoms. The minimum atomic E-state index is -0.171. The van der Waals surface area contributed by atoms with Gasteiger partial charge in [-0.15, -0.1) is 0 Å². The molecule has 1 heterocycles. The third kappa shape index (κ3) is 5.18. The van der Waals surface area contributed by atoms with Crippen molar-refractivity contribution in [3.63, 3.8) is 0 Å². The highest BCUT2D eigenvalue weighted by molar-refractivity contribution is 6.25. The number of furan rings is 1. The van der Waals surface area contributed by atoms with Gasteiger partial charge in [0.05, 0.1) is 17.1 Å². The van der Waals surface area contributed by atoms with Crippen molar-refractivity contribution in [2.45, 2.75) is 19.3 Å². The van der Waals surface area contributed by atoms with Gasteiger partial charge in [-0.1, -0.05) is 190 Å². The van der Waals surface area contributed by atoms with Gasteiger partial charge in [-0.3, -0.25) is 0 Å². The second kappa shape index (κ2) is 13.0. The van der Waals surface area contributed by atoms with Crippen molar-refractivity contribution >= 4 is 49.8 Å². The average molecular weight is 730 g/mol. The van der Waals surface area contributed by atoms with E-state index in [2.05, 4.69) is 219 Å². The molecule has 0 spiro atoms. The highest BCUT2D eigenvalue weighted by Crippen LogP contribution is 2.56. The number of nitrogens with zero attached hydrogens (tertiary/aromatic N) is 1. The third-order valence-electron chi connectivity index (χ3n) is 12.1. The van der Waals surface area contributed by atoms with Crippen LogP contribution in [0.15, 0.2) is 205 Å². The van der Waals surface area contributed by atoms with E-state index in [1.807, 2.05) is 0 Å². The fourth-order valence-corrected chi connectivity index (χ4v) is 9.34. The van der Waals surface area contributed by atoms with Gasteiger partial charge in [0, 0.05) is 32.9 Å². The van der Waals surface area contributed by atoms with Crippen LogP contribution in [0.2, 0.25) is 0 Å². The Morgan fingerprint density at radius 1 is 0.386 bits per heavy atom. The molecule has 0 amide bonds. The quantitative estimate of drug-likeness (QED) is 0.169. The molecule has 0 saturated heterocycles. The molecule has 0 radical (unpaired) electrons. The zero-order valence-electron chi connectivity index (χ0n) is 31.9. The third-order valence-corrected chi connectivity index (χ3v) is 12.1. The number of fused-ring (bicyclic) bond motifs is 8. The van der Waals surface area contributed by atoms with E-state index in [4.69, 9.17) is 4.42 Å². The molecular weight excluding hydrogens is 691 g/mol. The Hall–Kier alpha value is -7.16. The minimum absolute atomic E-state index is 0.171. The molecule has 11 rings (SSSR count). The van der Waals surface area contributed by atoms with Crippen LogP contribution in [-0.2, 0) is 5.41 Å². The summed E-state index contributed by atoms with van der Waals surface area (Å²) in [6.45, 7) is 4.71. The standard InChI is InChI=1S/C55H39NO/c1-55(2)46-29-15-14-26-43(46)52-47(55)30-17-31-49(52)56(48-33-32-39(36-18-6-3-7-19-36)34-45(48)38-22-10-5-11-23-38)50-35-40-24-12-13-25-41(40)51-44-28-16-27-42(53(44)57-54(50)51)37-20-8-4-9-21-37/h3-35H,1-2H3. The predicted molar refractivity (Wildman–Crippen MR) is 240 cm³/mol. The van der Waals surface area contributed by atoms with Crippen molar-refractivity contribution in [2.24, 2.45) is 0 Å². The van der Waals surface area contributed by atoms with Gasteiger partial charge < -0.3 is 9.32 Å². The fraction of sp³-hybridized carbons (Fsp3) is 0.0545. The Kier molecular flexibility index (Phi) is 7.55. The van der Waals surface area contributed by atoms with E-state index in [1.165, 1.54) is 38.8 Å². The normalized spacial score (nSPS) is 12.9. The first-order valence-corrected chi connectivity index (χ1v) is 19.8. The molecule has 0 aliphatic heterocycles. The van der Waals surface area contributed by atoms with Crippen molar-refractivity contribution in [1.29, 1.82) is 0 Å². The van der Waals surface area contributed by atoms with Gasteiger partial charge in [0.2, 0.25) is 0 Å². The monoisotopic (exact) mass is 729 g/mol. The van der Waals surface area contributed by atoms with Crippen molar-refractivity contribution in [1.82, 2.24) is 0 Å². The summed E-state index contributed by atoms with van der Waals surface area (Å²) < 4.78 is 7.33. The summed E-state index contributed by atoms with van der Waals surface area (Å²) in [4.78, 5) is 2.49. The van der Waals surface area contributed by atoms with Crippen molar-refractivity contribution < 1.29 is 4.42 Å². The maximum atomic E-state index is 7.33. The van der Waals surface area contributed by atoms with Crippen LogP contribution in [0.25, 0.3) is 77.2 Å². The molecule has 0 atom stereocenters. The first-order valence-electron chi connectivity index (χ1n) is 19.8. The first-order chi connectivity index (χ1) is 28.1. The van der Waals surface area contributed by atoms with Gasteiger partial charge in [0.1, 0.15) is 5.58 Å². The molecular formula is C55H39NO.